The maximum Gasteiger partial charge on any atom is 0.266 e. The quantitative estimate of drug-likeness (QED) is 0.406. The second-order valence-electron chi connectivity index (χ2n) is 2.25. The molecule has 0 amide bonds. The van der Waals surface area contributed by atoms with Crippen molar-refractivity contribution in [2.45, 2.75) is 26.7 Å². The number of hydrogen-bond donors (Lipinski definition) is 2. The second kappa shape index (κ2) is 7.64. The van der Waals surface area contributed by atoms with Crippen molar-refractivity contribution in [3.63, 3.8) is 0 Å². The van der Waals surface area contributed by atoms with E-state index in [1.807, 2.05) is 6.92 Å². The van der Waals surface area contributed by atoms with Gasteiger partial charge in [0.15, 0.2) is 6.29 Å². The highest BCUT2D eigenvalue weighted by Gasteiger charge is 2.34. The van der Waals surface area contributed by atoms with Crippen LogP contribution < -0.4 is 0 Å². The lowest BCUT2D eigenvalue weighted by Crippen LogP contribution is -1.96. The zero-order valence-electron chi connectivity index (χ0n) is 7.06. The minimum Gasteiger partial charge on any atom is -0.482 e. The highest BCUT2D eigenvalue weighted by atomic mass is 16.8. The van der Waals surface area contributed by atoms with Gasteiger partial charge in [-0.1, -0.05) is 13.5 Å². The molecule has 13 heavy (non-hydrogen) atoms. The van der Waals surface area contributed by atoms with Gasteiger partial charge in [0.05, 0.1) is 6.61 Å². The molecule has 0 aromatic carbocycles. The molecule has 1 heterocycles. The molecule has 0 spiro atoms. The Morgan fingerprint density at radius 2 is 2.00 bits per heavy atom. The molecule has 0 bridgehead atoms. The van der Waals surface area contributed by atoms with Crippen LogP contribution in [0.5, 0.6) is 0 Å². The van der Waals surface area contributed by atoms with Crippen LogP contribution in [0.15, 0.2) is 25.2 Å². The Balaban J connectivity index is 0. The summed E-state index contributed by atoms with van der Waals surface area (Å²) in [6, 6.07) is 0. The molecule has 0 aromatic heterocycles. The lowest BCUT2D eigenvalue weighted by molar-refractivity contribution is 0.0697. The summed E-state index contributed by atoms with van der Waals surface area (Å²) < 4.78 is 10.0. The first-order chi connectivity index (χ1) is 5.57. The third-order valence-electron chi connectivity index (χ3n) is 1.03. The third-order valence-corrected chi connectivity index (χ3v) is 1.03. The molecular formula is C9H18O4. The summed E-state index contributed by atoms with van der Waals surface area (Å²) >= 11 is 0. The number of hydrogen-bond acceptors (Lipinski definition) is 4. The van der Waals surface area contributed by atoms with Crippen LogP contribution in [0, 0.1) is 0 Å². The van der Waals surface area contributed by atoms with Crippen LogP contribution in [0.4, 0.5) is 0 Å². The molecule has 2 N–H and O–H groups in total. The SMILES string of the molecule is C.C=C(O)O.C=CCOC1OC1C. The molecule has 78 valence electrons. The molecule has 2 unspecified atom stereocenters. The van der Waals surface area contributed by atoms with E-state index in [0.717, 1.165) is 0 Å². The minimum absolute atomic E-state index is 0. The molecule has 4 nitrogen and oxygen atoms in total. The molecule has 1 saturated heterocycles. The predicted molar refractivity (Wildman–Crippen MR) is 51.6 cm³/mol. The standard InChI is InChI=1S/C6H10O2.C2H4O2.CH4/c1-3-4-7-6-5(2)8-6;1-2(3)4;/h3,5-6H,1,4H2,2H3;3-4H,1H2;1H4. The summed E-state index contributed by atoms with van der Waals surface area (Å²) in [6.45, 7) is 8.74. The van der Waals surface area contributed by atoms with Gasteiger partial charge in [-0.15, -0.1) is 6.58 Å². The highest BCUT2D eigenvalue weighted by molar-refractivity contribution is 4.73. The second-order valence-corrected chi connectivity index (χ2v) is 2.25. The van der Waals surface area contributed by atoms with Gasteiger partial charge < -0.3 is 19.7 Å². The van der Waals surface area contributed by atoms with Crippen LogP contribution in [0.3, 0.4) is 0 Å². The van der Waals surface area contributed by atoms with Gasteiger partial charge in [0.1, 0.15) is 6.10 Å². The monoisotopic (exact) mass is 190 g/mol. The van der Waals surface area contributed by atoms with Crippen LogP contribution in [0.2, 0.25) is 0 Å². The maximum atomic E-state index is 7.42. The Labute approximate surface area is 79.1 Å². The molecule has 0 radical (unpaired) electrons. The summed E-state index contributed by atoms with van der Waals surface area (Å²) in [5.41, 5.74) is 0. The molecular weight excluding hydrogens is 172 g/mol. The van der Waals surface area contributed by atoms with Crippen LogP contribution in [0.25, 0.3) is 0 Å². The van der Waals surface area contributed by atoms with E-state index in [4.69, 9.17) is 19.7 Å². The number of aliphatic hydroxyl groups excluding tert-OH is 1. The first-order valence-electron chi connectivity index (χ1n) is 3.52. The normalized spacial score (nSPS) is 23.2. The van der Waals surface area contributed by atoms with Gasteiger partial charge in [0.2, 0.25) is 0 Å². The fourth-order valence-electron chi connectivity index (χ4n) is 0.504. The molecule has 2 atom stereocenters. The van der Waals surface area contributed by atoms with Crippen LogP contribution in [0.1, 0.15) is 14.4 Å². The van der Waals surface area contributed by atoms with Gasteiger partial charge >= 0.3 is 0 Å². The summed E-state index contributed by atoms with van der Waals surface area (Å²) in [6.07, 6.45) is 2.07. The Hall–Kier alpha value is -1.00. The van der Waals surface area contributed by atoms with Crippen molar-refractivity contribution >= 4 is 0 Å². The molecule has 0 saturated carbocycles. The van der Waals surface area contributed by atoms with E-state index in [1.165, 1.54) is 0 Å². The van der Waals surface area contributed by atoms with Crippen molar-refractivity contribution in [3.8, 4) is 0 Å². The van der Waals surface area contributed by atoms with E-state index >= 15 is 0 Å². The number of epoxide rings is 1. The van der Waals surface area contributed by atoms with Crippen LogP contribution in [-0.4, -0.2) is 29.2 Å². The summed E-state index contributed by atoms with van der Waals surface area (Å²) in [5.74, 6) is -0.833. The van der Waals surface area contributed by atoms with Crippen molar-refractivity contribution in [1.82, 2.24) is 0 Å². The summed E-state index contributed by atoms with van der Waals surface area (Å²) in [5, 5.41) is 14.8. The van der Waals surface area contributed by atoms with Gasteiger partial charge in [-0.3, -0.25) is 0 Å². The van der Waals surface area contributed by atoms with E-state index < -0.39 is 5.95 Å². The predicted octanol–water partition coefficient (Wildman–Crippen LogP) is 2.14. The first-order valence-corrected chi connectivity index (χ1v) is 3.52. The fraction of sp³-hybridized carbons (Fsp3) is 0.556. The maximum absolute atomic E-state index is 7.42. The summed E-state index contributed by atoms with van der Waals surface area (Å²) in [4.78, 5) is 0. The topological polar surface area (TPSA) is 62.2 Å². The lowest BCUT2D eigenvalue weighted by atomic mass is 10.5. The minimum atomic E-state index is -0.833. The molecule has 1 rings (SSSR count). The fourth-order valence-corrected chi connectivity index (χ4v) is 0.504. The van der Waals surface area contributed by atoms with Gasteiger partial charge in [-0.05, 0) is 13.5 Å². The van der Waals surface area contributed by atoms with Crippen LogP contribution in [-0.2, 0) is 9.47 Å². The number of ether oxygens (including phenoxy) is 2. The van der Waals surface area contributed by atoms with Gasteiger partial charge in [0.25, 0.3) is 5.95 Å². The van der Waals surface area contributed by atoms with Crippen molar-refractivity contribution in [3.05, 3.63) is 25.2 Å². The smallest absolute Gasteiger partial charge is 0.266 e. The Morgan fingerprint density at radius 3 is 2.23 bits per heavy atom. The molecule has 1 aliphatic heterocycles. The molecule has 4 heteroatoms. The Bertz CT molecular complexity index is 152. The van der Waals surface area contributed by atoms with E-state index in [0.29, 0.717) is 12.7 Å². The number of rotatable bonds is 3. The van der Waals surface area contributed by atoms with Gasteiger partial charge in [-0.2, -0.15) is 0 Å². The average molecular weight is 190 g/mol. The average Bonchev–Trinajstić information content (AvgIpc) is 2.61. The Kier molecular flexibility index (Phi) is 8.53. The van der Waals surface area contributed by atoms with E-state index in [2.05, 4.69) is 13.2 Å². The Morgan fingerprint density at radius 1 is 1.62 bits per heavy atom. The largest absolute Gasteiger partial charge is 0.482 e. The zero-order chi connectivity index (χ0) is 9.56. The van der Waals surface area contributed by atoms with Gasteiger partial charge in [0, 0.05) is 0 Å². The number of aliphatic hydroxyl groups is 2. The molecule has 0 aromatic rings. The van der Waals surface area contributed by atoms with Crippen molar-refractivity contribution in [2.75, 3.05) is 6.61 Å². The zero-order valence-corrected chi connectivity index (χ0v) is 7.06. The first kappa shape index (κ1) is 14.5. The van der Waals surface area contributed by atoms with E-state index in [1.54, 1.807) is 6.08 Å². The molecule has 1 aliphatic rings. The molecule has 0 aliphatic carbocycles. The van der Waals surface area contributed by atoms with Crippen molar-refractivity contribution in [2.24, 2.45) is 0 Å². The van der Waals surface area contributed by atoms with Gasteiger partial charge in [-0.25, -0.2) is 0 Å². The lowest BCUT2D eigenvalue weighted by Gasteiger charge is -1.89. The molecule has 1 fully saturated rings. The van der Waals surface area contributed by atoms with Crippen LogP contribution >= 0.6 is 0 Å². The van der Waals surface area contributed by atoms with E-state index in [-0.39, 0.29) is 13.7 Å². The summed E-state index contributed by atoms with van der Waals surface area (Å²) in [7, 11) is 0. The van der Waals surface area contributed by atoms with E-state index in [9.17, 15) is 0 Å². The van der Waals surface area contributed by atoms with Crippen molar-refractivity contribution in [1.29, 1.82) is 0 Å². The third kappa shape index (κ3) is 11.0. The highest BCUT2D eigenvalue weighted by Crippen LogP contribution is 2.21. The van der Waals surface area contributed by atoms with Crippen molar-refractivity contribution < 1.29 is 19.7 Å².